The van der Waals surface area contributed by atoms with Crippen molar-refractivity contribution in [3.05, 3.63) is 24.3 Å². The highest BCUT2D eigenvalue weighted by Crippen LogP contribution is 2.30. The SMILES string of the molecule is CC1CCC(CCc2ncccn2)CC1. The van der Waals surface area contributed by atoms with E-state index in [2.05, 4.69) is 16.9 Å². The third kappa shape index (κ3) is 3.29. The predicted octanol–water partition coefficient (Wildman–Crippen LogP) is 3.24. The zero-order chi connectivity index (χ0) is 10.5. The highest BCUT2D eigenvalue weighted by molar-refractivity contribution is 4.89. The van der Waals surface area contributed by atoms with Crippen LogP contribution in [0.3, 0.4) is 0 Å². The van der Waals surface area contributed by atoms with Gasteiger partial charge in [-0.3, -0.25) is 0 Å². The summed E-state index contributed by atoms with van der Waals surface area (Å²) < 4.78 is 0. The van der Waals surface area contributed by atoms with Gasteiger partial charge >= 0.3 is 0 Å². The Kier molecular flexibility index (Phi) is 3.70. The van der Waals surface area contributed by atoms with E-state index in [1.807, 2.05) is 18.5 Å². The number of hydrogen-bond donors (Lipinski definition) is 0. The van der Waals surface area contributed by atoms with Crippen LogP contribution in [-0.4, -0.2) is 9.97 Å². The molecule has 2 rings (SSSR count). The fraction of sp³-hybridized carbons (Fsp3) is 0.692. The molecule has 0 N–H and O–H groups in total. The van der Waals surface area contributed by atoms with Gasteiger partial charge in [0.2, 0.25) is 0 Å². The number of aryl methyl sites for hydroxylation is 1. The molecule has 0 aromatic carbocycles. The Hall–Kier alpha value is -0.920. The molecule has 2 heteroatoms. The summed E-state index contributed by atoms with van der Waals surface area (Å²) in [5, 5.41) is 0. The first-order valence-electron chi connectivity index (χ1n) is 6.10. The summed E-state index contributed by atoms with van der Waals surface area (Å²) in [7, 11) is 0. The van der Waals surface area contributed by atoms with Gasteiger partial charge in [-0.2, -0.15) is 0 Å². The Morgan fingerprint density at radius 1 is 1.13 bits per heavy atom. The molecule has 1 aromatic heterocycles. The van der Waals surface area contributed by atoms with Gasteiger partial charge in [-0.15, -0.1) is 0 Å². The van der Waals surface area contributed by atoms with E-state index >= 15 is 0 Å². The van der Waals surface area contributed by atoms with Crippen molar-refractivity contribution >= 4 is 0 Å². The van der Waals surface area contributed by atoms with Crippen LogP contribution in [0.1, 0.15) is 44.9 Å². The highest BCUT2D eigenvalue weighted by atomic mass is 14.8. The van der Waals surface area contributed by atoms with E-state index in [0.717, 1.165) is 24.1 Å². The predicted molar refractivity (Wildman–Crippen MR) is 61.5 cm³/mol. The first-order valence-corrected chi connectivity index (χ1v) is 6.10. The zero-order valence-electron chi connectivity index (χ0n) is 9.52. The number of rotatable bonds is 3. The molecule has 1 aromatic rings. The largest absolute Gasteiger partial charge is 0.241 e. The lowest BCUT2D eigenvalue weighted by Gasteiger charge is -2.25. The molecule has 0 atom stereocenters. The van der Waals surface area contributed by atoms with E-state index in [-0.39, 0.29) is 0 Å². The average molecular weight is 204 g/mol. The van der Waals surface area contributed by atoms with Crippen LogP contribution in [0.2, 0.25) is 0 Å². The molecular weight excluding hydrogens is 184 g/mol. The normalized spacial score (nSPS) is 26.5. The number of hydrogen-bond acceptors (Lipinski definition) is 2. The molecule has 0 unspecified atom stereocenters. The maximum absolute atomic E-state index is 4.27. The Balaban J connectivity index is 1.74. The zero-order valence-corrected chi connectivity index (χ0v) is 9.52. The molecule has 82 valence electrons. The Labute approximate surface area is 92.1 Å². The van der Waals surface area contributed by atoms with E-state index in [9.17, 15) is 0 Å². The van der Waals surface area contributed by atoms with Crippen LogP contribution in [0, 0.1) is 11.8 Å². The average Bonchev–Trinajstić information content (AvgIpc) is 2.30. The molecule has 1 heterocycles. The topological polar surface area (TPSA) is 25.8 Å². The summed E-state index contributed by atoms with van der Waals surface area (Å²) in [6, 6.07) is 1.88. The van der Waals surface area contributed by atoms with Crippen LogP contribution in [0.15, 0.2) is 18.5 Å². The Morgan fingerprint density at radius 3 is 2.47 bits per heavy atom. The van der Waals surface area contributed by atoms with Crippen molar-refractivity contribution in [1.29, 1.82) is 0 Å². The first kappa shape index (κ1) is 10.6. The minimum atomic E-state index is 0.921. The molecule has 0 aliphatic heterocycles. The van der Waals surface area contributed by atoms with Crippen molar-refractivity contribution in [3.8, 4) is 0 Å². The minimum Gasteiger partial charge on any atom is -0.241 e. The maximum Gasteiger partial charge on any atom is 0.128 e. The van der Waals surface area contributed by atoms with Crippen molar-refractivity contribution in [2.75, 3.05) is 0 Å². The number of aromatic nitrogens is 2. The van der Waals surface area contributed by atoms with E-state index in [1.54, 1.807) is 0 Å². The molecule has 0 saturated heterocycles. The van der Waals surface area contributed by atoms with Crippen LogP contribution in [0.5, 0.6) is 0 Å². The molecule has 0 radical (unpaired) electrons. The van der Waals surface area contributed by atoms with Crippen molar-refractivity contribution in [2.45, 2.75) is 45.4 Å². The molecule has 15 heavy (non-hydrogen) atoms. The fourth-order valence-corrected chi connectivity index (χ4v) is 2.41. The molecule has 2 nitrogen and oxygen atoms in total. The van der Waals surface area contributed by atoms with Crippen LogP contribution in [0.25, 0.3) is 0 Å². The molecule has 1 saturated carbocycles. The summed E-state index contributed by atoms with van der Waals surface area (Å²) >= 11 is 0. The van der Waals surface area contributed by atoms with Crippen LogP contribution < -0.4 is 0 Å². The minimum absolute atomic E-state index is 0.921. The molecule has 0 amide bonds. The molecule has 0 bridgehead atoms. The van der Waals surface area contributed by atoms with Gasteiger partial charge in [-0.05, 0) is 24.3 Å². The van der Waals surface area contributed by atoms with Gasteiger partial charge in [0.15, 0.2) is 0 Å². The second-order valence-corrected chi connectivity index (χ2v) is 4.83. The van der Waals surface area contributed by atoms with Crippen LogP contribution in [-0.2, 0) is 6.42 Å². The van der Waals surface area contributed by atoms with Gasteiger partial charge in [0.05, 0.1) is 0 Å². The van der Waals surface area contributed by atoms with Gasteiger partial charge in [-0.1, -0.05) is 32.6 Å². The lowest BCUT2D eigenvalue weighted by atomic mass is 9.81. The summed E-state index contributed by atoms with van der Waals surface area (Å²) in [6.45, 7) is 2.37. The van der Waals surface area contributed by atoms with E-state index < -0.39 is 0 Å². The summed E-state index contributed by atoms with van der Waals surface area (Å²) in [5.41, 5.74) is 0. The summed E-state index contributed by atoms with van der Waals surface area (Å²) in [6.07, 6.45) is 11.7. The second-order valence-electron chi connectivity index (χ2n) is 4.83. The highest BCUT2D eigenvalue weighted by Gasteiger charge is 2.17. The molecule has 1 aliphatic rings. The molecule has 1 fully saturated rings. The van der Waals surface area contributed by atoms with Gasteiger partial charge in [-0.25, -0.2) is 9.97 Å². The van der Waals surface area contributed by atoms with Crippen molar-refractivity contribution in [1.82, 2.24) is 9.97 Å². The van der Waals surface area contributed by atoms with Gasteiger partial charge in [0, 0.05) is 18.8 Å². The van der Waals surface area contributed by atoms with Crippen molar-refractivity contribution < 1.29 is 0 Å². The maximum atomic E-state index is 4.27. The van der Waals surface area contributed by atoms with Crippen LogP contribution >= 0.6 is 0 Å². The van der Waals surface area contributed by atoms with E-state index in [0.29, 0.717) is 0 Å². The quantitative estimate of drug-likeness (QED) is 0.755. The Morgan fingerprint density at radius 2 is 1.80 bits per heavy atom. The lowest BCUT2D eigenvalue weighted by molar-refractivity contribution is 0.276. The molecule has 0 spiro atoms. The van der Waals surface area contributed by atoms with Crippen LogP contribution in [0.4, 0.5) is 0 Å². The smallest absolute Gasteiger partial charge is 0.128 e. The third-order valence-corrected chi connectivity index (χ3v) is 3.53. The van der Waals surface area contributed by atoms with Gasteiger partial charge in [0.1, 0.15) is 5.82 Å². The lowest BCUT2D eigenvalue weighted by Crippen LogP contribution is -2.13. The van der Waals surface area contributed by atoms with Gasteiger partial charge in [0.25, 0.3) is 0 Å². The second kappa shape index (κ2) is 5.24. The van der Waals surface area contributed by atoms with E-state index in [1.165, 1.54) is 32.1 Å². The molecule has 1 aliphatic carbocycles. The Bertz CT molecular complexity index is 276. The third-order valence-electron chi connectivity index (χ3n) is 3.53. The standard InChI is InChI=1S/C13H20N2/c1-11-3-5-12(6-4-11)7-8-13-14-9-2-10-15-13/h2,9-12H,3-8H2,1H3. The fourth-order valence-electron chi connectivity index (χ4n) is 2.41. The van der Waals surface area contributed by atoms with Crippen molar-refractivity contribution in [3.63, 3.8) is 0 Å². The van der Waals surface area contributed by atoms with Crippen molar-refractivity contribution in [2.24, 2.45) is 11.8 Å². The van der Waals surface area contributed by atoms with Gasteiger partial charge < -0.3 is 0 Å². The summed E-state index contributed by atoms with van der Waals surface area (Å²) in [5.74, 6) is 2.88. The molecular formula is C13H20N2. The summed E-state index contributed by atoms with van der Waals surface area (Å²) in [4.78, 5) is 8.53. The monoisotopic (exact) mass is 204 g/mol. The first-order chi connectivity index (χ1) is 7.34. The number of nitrogens with zero attached hydrogens (tertiary/aromatic N) is 2. The van der Waals surface area contributed by atoms with E-state index in [4.69, 9.17) is 0 Å².